The molecule has 5 nitrogen and oxygen atoms in total. The zero-order chi connectivity index (χ0) is 14.8. The number of hydrogen-bond acceptors (Lipinski definition) is 4. The number of piperazine rings is 1. The van der Waals surface area contributed by atoms with Crippen LogP contribution in [0.3, 0.4) is 0 Å². The number of anilines is 1. The SMILES string of the molecule is Cc1cc(Br)oc1C(=O)N1CCN(c2ccccn2)CC1. The average molecular weight is 350 g/mol. The first-order valence-electron chi connectivity index (χ1n) is 6.86. The van der Waals surface area contributed by atoms with E-state index in [1.165, 1.54) is 0 Å². The third-order valence-electron chi connectivity index (χ3n) is 3.62. The van der Waals surface area contributed by atoms with Crippen LogP contribution in [0, 0.1) is 6.92 Å². The number of aryl methyl sites for hydroxylation is 1. The number of amides is 1. The van der Waals surface area contributed by atoms with Gasteiger partial charge in [-0.1, -0.05) is 6.07 Å². The van der Waals surface area contributed by atoms with Gasteiger partial charge in [0.05, 0.1) is 0 Å². The maximum Gasteiger partial charge on any atom is 0.290 e. The highest BCUT2D eigenvalue weighted by Gasteiger charge is 2.26. The van der Waals surface area contributed by atoms with Gasteiger partial charge in [0, 0.05) is 37.9 Å². The molecule has 0 aliphatic carbocycles. The molecule has 110 valence electrons. The van der Waals surface area contributed by atoms with Crippen molar-refractivity contribution < 1.29 is 9.21 Å². The summed E-state index contributed by atoms with van der Waals surface area (Å²) in [6.07, 6.45) is 1.79. The molecule has 2 aromatic rings. The Hall–Kier alpha value is -1.82. The van der Waals surface area contributed by atoms with Gasteiger partial charge in [0.25, 0.3) is 5.91 Å². The Bertz CT molecular complexity index is 634. The van der Waals surface area contributed by atoms with Gasteiger partial charge in [-0.05, 0) is 41.1 Å². The Kier molecular flexibility index (Phi) is 3.96. The Morgan fingerprint density at radius 3 is 2.62 bits per heavy atom. The van der Waals surface area contributed by atoms with Crippen LogP contribution in [0.4, 0.5) is 5.82 Å². The monoisotopic (exact) mass is 349 g/mol. The molecule has 0 spiro atoms. The summed E-state index contributed by atoms with van der Waals surface area (Å²) in [6.45, 7) is 4.79. The van der Waals surface area contributed by atoms with E-state index >= 15 is 0 Å². The second-order valence-corrected chi connectivity index (χ2v) is 5.81. The van der Waals surface area contributed by atoms with E-state index < -0.39 is 0 Å². The van der Waals surface area contributed by atoms with Crippen LogP contribution in [0.5, 0.6) is 0 Å². The summed E-state index contributed by atoms with van der Waals surface area (Å²) in [5.74, 6) is 1.34. The zero-order valence-electron chi connectivity index (χ0n) is 11.8. The standard InChI is InChI=1S/C15H16BrN3O2/c1-11-10-12(16)21-14(11)15(20)19-8-6-18(7-9-19)13-4-2-3-5-17-13/h2-5,10H,6-9H2,1H3. The predicted molar refractivity (Wildman–Crippen MR) is 83.5 cm³/mol. The molecule has 0 N–H and O–H groups in total. The molecule has 1 saturated heterocycles. The summed E-state index contributed by atoms with van der Waals surface area (Å²) in [7, 11) is 0. The lowest BCUT2D eigenvalue weighted by Crippen LogP contribution is -2.49. The molecule has 0 aromatic carbocycles. The molecule has 1 amide bonds. The number of pyridine rings is 1. The van der Waals surface area contributed by atoms with Crippen LogP contribution in [-0.4, -0.2) is 42.0 Å². The van der Waals surface area contributed by atoms with E-state index in [9.17, 15) is 4.79 Å². The van der Waals surface area contributed by atoms with Crippen LogP contribution in [-0.2, 0) is 0 Å². The fourth-order valence-corrected chi connectivity index (χ4v) is 2.98. The number of rotatable bonds is 2. The number of nitrogens with zero attached hydrogens (tertiary/aromatic N) is 3. The molecule has 2 aromatic heterocycles. The van der Waals surface area contributed by atoms with Gasteiger partial charge in [-0.3, -0.25) is 4.79 Å². The van der Waals surface area contributed by atoms with Crippen LogP contribution in [0.1, 0.15) is 16.1 Å². The average Bonchev–Trinajstić information content (AvgIpc) is 2.86. The molecule has 1 aliphatic heterocycles. The minimum Gasteiger partial charge on any atom is -0.444 e. The summed E-state index contributed by atoms with van der Waals surface area (Å²) in [4.78, 5) is 20.8. The third-order valence-corrected chi connectivity index (χ3v) is 4.01. The maximum atomic E-state index is 12.5. The normalized spacial score (nSPS) is 15.3. The Balaban J connectivity index is 1.66. The molecule has 1 aliphatic rings. The van der Waals surface area contributed by atoms with Crippen LogP contribution in [0.2, 0.25) is 0 Å². The van der Waals surface area contributed by atoms with Crippen LogP contribution in [0.25, 0.3) is 0 Å². The fourth-order valence-electron chi connectivity index (χ4n) is 2.48. The predicted octanol–water partition coefficient (Wildman–Crippen LogP) is 2.71. The number of halogens is 1. The van der Waals surface area contributed by atoms with E-state index in [1.54, 1.807) is 6.20 Å². The highest BCUT2D eigenvalue weighted by Crippen LogP contribution is 2.22. The van der Waals surface area contributed by atoms with Crippen molar-refractivity contribution in [3.8, 4) is 0 Å². The number of carbonyl (C=O) groups excluding carboxylic acids is 1. The smallest absolute Gasteiger partial charge is 0.290 e. The Labute approximate surface area is 131 Å². The first-order chi connectivity index (χ1) is 10.1. The molecule has 21 heavy (non-hydrogen) atoms. The molecule has 0 saturated carbocycles. The maximum absolute atomic E-state index is 12.5. The molecule has 0 radical (unpaired) electrons. The molecule has 0 bridgehead atoms. The molecule has 1 fully saturated rings. The van der Waals surface area contributed by atoms with Gasteiger partial charge >= 0.3 is 0 Å². The van der Waals surface area contributed by atoms with Crippen molar-refractivity contribution in [2.75, 3.05) is 31.1 Å². The van der Waals surface area contributed by atoms with Gasteiger partial charge in [0.15, 0.2) is 10.4 Å². The molecule has 3 rings (SSSR count). The van der Waals surface area contributed by atoms with Crippen molar-refractivity contribution in [3.63, 3.8) is 0 Å². The lowest BCUT2D eigenvalue weighted by Gasteiger charge is -2.35. The summed E-state index contributed by atoms with van der Waals surface area (Å²) in [5.41, 5.74) is 0.860. The number of hydrogen-bond donors (Lipinski definition) is 0. The van der Waals surface area contributed by atoms with Crippen molar-refractivity contribution in [1.29, 1.82) is 0 Å². The van der Waals surface area contributed by atoms with Gasteiger partial charge in [-0.15, -0.1) is 0 Å². The first kappa shape index (κ1) is 14.1. The minimum absolute atomic E-state index is 0.0427. The topological polar surface area (TPSA) is 49.6 Å². The summed E-state index contributed by atoms with van der Waals surface area (Å²) in [5, 5.41) is 0. The van der Waals surface area contributed by atoms with E-state index in [0.717, 1.165) is 24.5 Å². The van der Waals surface area contributed by atoms with Crippen LogP contribution in [0.15, 0.2) is 39.5 Å². The van der Waals surface area contributed by atoms with E-state index in [-0.39, 0.29) is 5.91 Å². The summed E-state index contributed by atoms with van der Waals surface area (Å²) >= 11 is 3.26. The quantitative estimate of drug-likeness (QED) is 0.836. The van der Waals surface area contributed by atoms with Gasteiger partial charge in [0.2, 0.25) is 0 Å². The fraction of sp³-hybridized carbons (Fsp3) is 0.333. The Morgan fingerprint density at radius 1 is 1.29 bits per heavy atom. The van der Waals surface area contributed by atoms with Gasteiger partial charge in [-0.2, -0.15) is 0 Å². The summed E-state index contributed by atoms with van der Waals surface area (Å²) < 4.78 is 6.03. The van der Waals surface area contributed by atoms with Gasteiger partial charge in [-0.25, -0.2) is 4.98 Å². The van der Waals surface area contributed by atoms with Gasteiger partial charge < -0.3 is 14.2 Å². The second-order valence-electron chi connectivity index (χ2n) is 5.03. The third kappa shape index (κ3) is 2.95. The second kappa shape index (κ2) is 5.89. The van der Waals surface area contributed by atoms with E-state index in [1.807, 2.05) is 36.1 Å². The molecular weight excluding hydrogens is 334 g/mol. The number of carbonyl (C=O) groups is 1. The largest absolute Gasteiger partial charge is 0.444 e. The first-order valence-corrected chi connectivity index (χ1v) is 7.65. The lowest BCUT2D eigenvalue weighted by atomic mass is 10.2. The molecule has 0 unspecified atom stereocenters. The van der Waals surface area contributed by atoms with Crippen molar-refractivity contribution in [3.05, 3.63) is 46.5 Å². The van der Waals surface area contributed by atoms with Crippen molar-refractivity contribution >= 4 is 27.7 Å². The minimum atomic E-state index is -0.0427. The van der Waals surface area contributed by atoms with E-state index in [2.05, 4.69) is 25.8 Å². The van der Waals surface area contributed by atoms with Gasteiger partial charge in [0.1, 0.15) is 5.82 Å². The number of aromatic nitrogens is 1. The lowest BCUT2D eigenvalue weighted by molar-refractivity contribution is 0.0712. The van der Waals surface area contributed by atoms with Crippen LogP contribution >= 0.6 is 15.9 Å². The highest BCUT2D eigenvalue weighted by atomic mass is 79.9. The van der Waals surface area contributed by atoms with E-state index in [4.69, 9.17) is 4.42 Å². The Morgan fingerprint density at radius 2 is 2.05 bits per heavy atom. The van der Waals surface area contributed by atoms with Crippen molar-refractivity contribution in [2.45, 2.75) is 6.92 Å². The molecular formula is C15H16BrN3O2. The zero-order valence-corrected chi connectivity index (χ0v) is 13.3. The van der Waals surface area contributed by atoms with Crippen LogP contribution < -0.4 is 4.90 Å². The van der Waals surface area contributed by atoms with E-state index in [0.29, 0.717) is 23.5 Å². The molecule has 3 heterocycles. The molecule has 6 heteroatoms. The highest BCUT2D eigenvalue weighted by molar-refractivity contribution is 9.10. The van der Waals surface area contributed by atoms with Crippen molar-refractivity contribution in [2.24, 2.45) is 0 Å². The van der Waals surface area contributed by atoms with Crippen molar-refractivity contribution in [1.82, 2.24) is 9.88 Å². The molecule has 0 atom stereocenters. The summed E-state index contributed by atoms with van der Waals surface area (Å²) in [6, 6.07) is 7.69. The number of furan rings is 1.